The summed E-state index contributed by atoms with van der Waals surface area (Å²) in [6, 6.07) is 3.96. The molecular formula is C18H23BrN6O. The Morgan fingerprint density at radius 1 is 1.23 bits per heavy atom. The van der Waals surface area contributed by atoms with Crippen LogP contribution in [0.25, 0.3) is 0 Å². The minimum Gasteiger partial charge on any atom is -0.359 e. The predicted octanol–water partition coefficient (Wildman–Crippen LogP) is 1.63. The number of nitrogens with one attached hydrogen (secondary N) is 1. The number of pyridine rings is 1. The summed E-state index contributed by atoms with van der Waals surface area (Å²) < 4.78 is 1.05. The maximum atomic E-state index is 12.4. The molecule has 1 fully saturated rings. The zero-order valence-electron chi connectivity index (χ0n) is 14.9. The van der Waals surface area contributed by atoms with Gasteiger partial charge in [-0.1, -0.05) is 0 Å². The fourth-order valence-corrected chi connectivity index (χ4v) is 4.01. The van der Waals surface area contributed by atoms with E-state index in [2.05, 4.69) is 40.6 Å². The molecule has 4 heterocycles. The number of aromatic amines is 1. The zero-order chi connectivity index (χ0) is 18.1. The fraction of sp³-hybridized carbons (Fsp3) is 0.500. The van der Waals surface area contributed by atoms with Crippen LogP contribution in [0, 0.1) is 0 Å². The third-order valence-electron chi connectivity index (χ3n) is 5.14. The number of aromatic nitrogens is 3. The molecule has 2 aliphatic rings. The van der Waals surface area contributed by atoms with Crippen molar-refractivity contribution in [2.45, 2.75) is 19.4 Å². The van der Waals surface area contributed by atoms with Gasteiger partial charge in [-0.05, 0) is 40.9 Å². The van der Waals surface area contributed by atoms with Gasteiger partial charge in [0.2, 0.25) is 5.95 Å². The smallest absolute Gasteiger partial charge is 0.257 e. The number of piperazine rings is 1. The quantitative estimate of drug-likeness (QED) is 0.816. The van der Waals surface area contributed by atoms with Crippen LogP contribution in [0.1, 0.15) is 17.7 Å². The fourth-order valence-electron chi connectivity index (χ4n) is 3.63. The highest BCUT2D eigenvalue weighted by Crippen LogP contribution is 2.23. The summed E-state index contributed by atoms with van der Waals surface area (Å²) in [5.74, 6) is 1.54. The van der Waals surface area contributed by atoms with Crippen molar-refractivity contribution < 1.29 is 0 Å². The Kier molecular flexibility index (Phi) is 4.95. The molecule has 7 nitrogen and oxygen atoms in total. The van der Waals surface area contributed by atoms with Gasteiger partial charge in [0.25, 0.3) is 5.56 Å². The Labute approximate surface area is 161 Å². The molecule has 2 aromatic heterocycles. The van der Waals surface area contributed by atoms with Crippen LogP contribution in [0.15, 0.2) is 27.6 Å². The second kappa shape index (κ2) is 7.36. The van der Waals surface area contributed by atoms with Crippen molar-refractivity contribution in [3.8, 4) is 0 Å². The van der Waals surface area contributed by atoms with Crippen molar-refractivity contribution in [3.63, 3.8) is 0 Å². The predicted molar refractivity (Wildman–Crippen MR) is 106 cm³/mol. The molecule has 0 radical (unpaired) electrons. The average Bonchev–Trinajstić information content (AvgIpc) is 2.65. The highest BCUT2D eigenvalue weighted by atomic mass is 79.9. The number of fused-ring (bicyclic) bond motifs is 1. The minimum atomic E-state index is 0.0106. The van der Waals surface area contributed by atoms with Gasteiger partial charge in [-0.3, -0.25) is 19.7 Å². The van der Waals surface area contributed by atoms with E-state index in [1.165, 1.54) is 0 Å². The van der Waals surface area contributed by atoms with Crippen molar-refractivity contribution in [1.82, 2.24) is 19.9 Å². The molecule has 0 aliphatic carbocycles. The molecule has 2 aliphatic heterocycles. The van der Waals surface area contributed by atoms with E-state index in [9.17, 15) is 4.79 Å². The number of hydrogen-bond donors (Lipinski definition) is 1. The monoisotopic (exact) mass is 418 g/mol. The molecule has 4 rings (SSSR count). The highest BCUT2D eigenvalue weighted by molar-refractivity contribution is 9.10. The molecule has 0 spiro atoms. The Morgan fingerprint density at radius 3 is 2.81 bits per heavy atom. The number of rotatable bonds is 3. The molecule has 138 valence electrons. The Hall–Kier alpha value is -1.93. The Morgan fingerprint density at radius 2 is 2.04 bits per heavy atom. The van der Waals surface area contributed by atoms with Gasteiger partial charge in [-0.25, -0.2) is 0 Å². The lowest BCUT2D eigenvalue weighted by Crippen LogP contribution is -2.47. The van der Waals surface area contributed by atoms with Crippen molar-refractivity contribution in [2.75, 3.05) is 49.6 Å². The first-order chi connectivity index (χ1) is 12.6. The second-order valence-corrected chi connectivity index (χ2v) is 7.77. The lowest BCUT2D eigenvalue weighted by Gasteiger charge is -2.35. The maximum absolute atomic E-state index is 12.4. The number of anilines is 2. The molecule has 0 saturated carbocycles. The molecule has 26 heavy (non-hydrogen) atoms. The highest BCUT2D eigenvalue weighted by Gasteiger charge is 2.24. The van der Waals surface area contributed by atoms with Crippen molar-refractivity contribution in [2.24, 2.45) is 0 Å². The van der Waals surface area contributed by atoms with E-state index >= 15 is 0 Å². The van der Waals surface area contributed by atoms with Crippen LogP contribution >= 0.6 is 15.9 Å². The Balaban J connectivity index is 1.45. The van der Waals surface area contributed by atoms with Crippen LogP contribution in [0.4, 0.5) is 11.8 Å². The van der Waals surface area contributed by atoms with Gasteiger partial charge >= 0.3 is 0 Å². The molecule has 0 atom stereocenters. The Bertz CT molecular complexity index is 846. The summed E-state index contributed by atoms with van der Waals surface area (Å²) in [5, 5.41) is 0. The first-order valence-electron chi connectivity index (χ1n) is 9.03. The summed E-state index contributed by atoms with van der Waals surface area (Å²) in [6.07, 6.45) is 3.65. The molecule has 1 N–H and O–H groups in total. The topological polar surface area (TPSA) is 68.4 Å². The number of hydrogen-bond acceptors (Lipinski definition) is 6. The summed E-state index contributed by atoms with van der Waals surface area (Å²) in [4.78, 5) is 31.3. The summed E-state index contributed by atoms with van der Waals surface area (Å²) in [5.41, 5.74) is 1.89. The maximum Gasteiger partial charge on any atom is 0.257 e. The van der Waals surface area contributed by atoms with Gasteiger partial charge in [0, 0.05) is 57.0 Å². The van der Waals surface area contributed by atoms with Crippen LogP contribution in [-0.4, -0.2) is 59.6 Å². The summed E-state index contributed by atoms with van der Waals surface area (Å²) in [7, 11) is 2.01. The molecule has 0 amide bonds. The number of halogens is 1. The number of H-pyrrole nitrogens is 1. The van der Waals surface area contributed by atoms with Crippen LogP contribution in [-0.2, 0) is 13.0 Å². The van der Waals surface area contributed by atoms with E-state index in [0.29, 0.717) is 5.95 Å². The first kappa shape index (κ1) is 17.5. The van der Waals surface area contributed by atoms with Crippen molar-refractivity contribution in [3.05, 3.63) is 44.4 Å². The van der Waals surface area contributed by atoms with Gasteiger partial charge in [-0.15, -0.1) is 0 Å². The first-order valence-corrected chi connectivity index (χ1v) is 9.82. The van der Waals surface area contributed by atoms with E-state index in [4.69, 9.17) is 4.98 Å². The van der Waals surface area contributed by atoms with Crippen molar-refractivity contribution >= 4 is 27.7 Å². The standard InChI is InChI=1S/C18H23BrN6O/c1-23-7-3-4-13-16(23)21-18(22-17(13)26)25-10-8-24(9-11-25)12-15-14(19)5-2-6-20-15/h2,5-6H,3-4,7-12H2,1H3,(H,21,22,26). The van der Waals surface area contributed by atoms with Crippen LogP contribution in [0.3, 0.4) is 0 Å². The lowest BCUT2D eigenvalue weighted by molar-refractivity contribution is 0.245. The second-order valence-electron chi connectivity index (χ2n) is 6.91. The molecule has 8 heteroatoms. The van der Waals surface area contributed by atoms with Gasteiger partial charge in [-0.2, -0.15) is 4.98 Å². The van der Waals surface area contributed by atoms with E-state index in [1.54, 1.807) is 0 Å². The molecule has 0 aromatic carbocycles. The molecule has 0 bridgehead atoms. The van der Waals surface area contributed by atoms with E-state index < -0.39 is 0 Å². The third kappa shape index (κ3) is 3.48. The largest absolute Gasteiger partial charge is 0.359 e. The third-order valence-corrected chi connectivity index (χ3v) is 5.86. The normalized spacial score (nSPS) is 18.1. The molecular weight excluding hydrogens is 396 g/mol. The van der Waals surface area contributed by atoms with Crippen LogP contribution in [0.2, 0.25) is 0 Å². The molecule has 2 aromatic rings. The average molecular weight is 419 g/mol. The number of nitrogens with zero attached hydrogens (tertiary/aromatic N) is 5. The SMILES string of the molecule is CN1CCCc2c1nc(N1CCN(Cc3ncccc3Br)CC1)[nH]c2=O. The van der Waals surface area contributed by atoms with Gasteiger partial charge in [0.1, 0.15) is 5.82 Å². The van der Waals surface area contributed by atoms with E-state index in [-0.39, 0.29) is 5.56 Å². The van der Waals surface area contributed by atoms with E-state index in [1.807, 2.05) is 25.4 Å². The van der Waals surface area contributed by atoms with Gasteiger partial charge in [0.15, 0.2) is 0 Å². The van der Waals surface area contributed by atoms with Gasteiger partial charge in [0.05, 0.1) is 11.3 Å². The summed E-state index contributed by atoms with van der Waals surface area (Å²) in [6.45, 7) is 5.30. The van der Waals surface area contributed by atoms with Crippen LogP contribution < -0.4 is 15.4 Å². The summed E-state index contributed by atoms with van der Waals surface area (Å²) >= 11 is 3.57. The zero-order valence-corrected chi connectivity index (χ0v) is 16.5. The lowest BCUT2D eigenvalue weighted by atomic mass is 10.1. The van der Waals surface area contributed by atoms with Crippen LogP contribution in [0.5, 0.6) is 0 Å². The van der Waals surface area contributed by atoms with Crippen molar-refractivity contribution in [1.29, 1.82) is 0 Å². The van der Waals surface area contributed by atoms with Gasteiger partial charge < -0.3 is 9.80 Å². The molecule has 0 unspecified atom stereocenters. The van der Waals surface area contributed by atoms with E-state index in [0.717, 1.165) is 73.7 Å². The molecule has 1 saturated heterocycles. The minimum absolute atomic E-state index is 0.0106.